The molecule has 14 heavy (non-hydrogen) atoms. The Balaban J connectivity index is 3.89. The van der Waals surface area contributed by atoms with Gasteiger partial charge in [-0.25, -0.2) is 22.0 Å². The van der Waals surface area contributed by atoms with Crippen LogP contribution in [0.2, 0.25) is 0 Å². The Morgan fingerprint density at radius 2 is 1.79 bits per heavy atom. The number of carbonyl (C=O) groups excluding carboxylic acids is 1. The minimum atomic E-state index is -3.63. The van der Waals surface area contributed by atoms with E-state index in [-0.39, 0.29) is 6.54 Å². The van der Waals surface area contributed by atoms with Gasteiger partial charge in [0.25, 0.3) is 0 Å². The summed E-state index contributed by atoms with van der Waals surface area (Å²) in [5, 5.41) is 6.77. The second kappa shape index (κ2) is 4.71. The SMILES string of the molecule is CS(=O)(=O)CC(=O)NCCS(N)(=O)=O. The number of primary sulfonamides is 1. The van der Waals surface area contributed by atoms with Crippen LogP contribution in [0.25, 0.3) is 0 Å². The molecular formula is C5H12N2O5S2. The topological polar surface area (TPSA) is 123 Å². The van der Waals surface area contributed by atoms with Gasteiger partial charge >= 0.3 is 0 Å². The van der Waals surface area contributed by atoms with Gasteiger partial charge in [0.2, 0.25) is 15.9 Å². The Morgan fingerprint density at radius 3 is 2.14 bits per heavy atom. The fourth-order valence-corrected chi connectivity index (χ4v) is 1.59. The average molecular weight is 244 g/mol. The van der Waals surface area contributed by atoms with E-state index in [9.17, 15) is 21.6 Å². The first-order chi connectivity index (χ1) is 6.10. The average Bonchev–Trinajstić information content (AvgIpc) is 1.78. The van der Waals surface area contributed by atoms with E-state index in [0.29, 0.717) is 0 Å². The van der Waals surface area contributed by atoms with Gasteiger partial charge in [-0.05, 0) is 0 Å². The Morgan fingerprint density at radius 1 is 1.29 bits per heavy atom. The van der Waals surface area contributed by atoms with E-state index in [2.05, 4.69) is 10.5 Å². The largest absolute Gasteiger partial charge is 0.354 e. The van der Waals surface area contributed by atoms with Crippen molar-refractivity contribution in [2.24, 2.45) is 5.14 Å². The lowest BCUT2D eigenvalue weighted by Crippen LogP contribution is -2.34. The molecule has 0 aromatic heterocycles. The van der Waals surface area contributed by atoms with Crippen LogP contribution in [0, 0.1) is 0 Å². The first kappa shape index (κ1) is 13.3. The van der Waals surface area contributed by atoms with E-state index in [1.54, 1.807) is 0 Å². The van der Waals surface area contributed by atoms with Crippen LogP contribution in [0.3, 0.4) is 0 Å². The van der Waals surface area contributed by atoms with Crippen molar-refractivity contribution >= 4 is 25.8 Å². The van der Waals surface area contributed by atoms with Gasteiger partial charge in [0.05, 0.1) is 5.75 Å². The van der Waals surface area contributed by atoms with Crippen LogP contribution in [0.4, 0.5) is 0 Å². The molecule has 0 aromatic rings. The Hall–Kier alpha value is -0.670. The summed E-state index contributed by atoms with van der Waals surface area (Å²) in [5.41, 5.74) is 0. The normalized spacial score (nSPS) is 12.4. The molecule has 0 spiro atoms. The standard InChI is InChI=1S/C5H12N2O5S2/c1-13(9,10)4-5(8)7-2-3-14(6,11)12/h2-4H2,1H3,(H,7,8)(H2,6,11,12). The first-order valence-corrected chi connectivity index (χ1v) is 7.33. The summed E-state index contributed by atoms with van der Waals surface area (Å²) in [7, 11) is -7.01. The second-order valence-corrected chi connectivity index (χ2v) is 6.66. The number of nitrogens with one attached hydrogen (secondary N) is 1. The van der Waals surface area contributed by atoms with E-state index >= 15 is 0 Å². The van der Waals surface area contributed by atoms with Gasteiger partial charge in [0.15, 0.2) is 9.84 Å². The minimum Gasteiger partial charge on any atom is -0.354 e. The number of hydrogen-bond donors (Lipinski definition) is 2. The number of amides is 1. The molecule has 0 fully saturated rings. The third-order valence-corrected chi connectivity index (χ3v) is 2.66. The van der Waals surface area contributed by atoms with Gasteiger partial charge in [-0.3, -0.25) is 4.79 Å². The molecule has 0 heterocycles. The number of nitrogens with two attached hydrogens (primary N) is 1. The highest BCUT2D eigenvalue weighted by Gasteiger charge is 2.11. The lowest BCUT2D eigenvalue weighted by molar-refractivity contribution is -0.118. The highest BCUT2D eigenvalue weighted by atomic mass is 32.2. The van der Waals surface area contributed by atoms with Crippen molar-refractivity contribution in [3.05, 3.63) is 0 Å². The van der Waals surface area contributed by atoms with Gasteiger partial charge in [-0.1, -0.05) is 0 Å². The van der Waals surface area contributed by atoms with Gasteiger partial charge in [-0.15, -0.1) is 0 Å². The highest BCUT2D eigenvalue weighted by Crippen LogP contribution is 1.82. The van der Waals surface area contributed by atoms with E-state index < -0.39 is 37.3 Å². The monoisotopic (exact) mass is 244 g/mol. The van der Waals surface area contributed by atoms with Crippen LogP contribution in [-0.4, -0.2) is 47.0 Å². The zero-order valence-corrected chi connectivity index (χ0v) is 9.19. The van der Waals surface area contributed by atoms with Crippen molar-refractivity contribution < 1.29 is 21.6 Å². The number of carbonyl (C=O) groups is 1. The van der Waals surface area contributed by atoms with Crippen molar-refractivity contribution in [1.29, 1.82) is 0 Å². The predicted molar refractivity (Wildman–Crippen MR) is 50.7 cm³/mol. The van der Waals surface area contributed by atoms with Crippen LogP contribution in [0.1, 0.15) is 0 Å². The van der Waals surface area contributed by atoms with Crippen LogP contribution in [0.15, 0.2) is 0 Å². The summed E-state index contributed by atoms with van der Waals surface area (Å²) in [6, 6.07) is 0. The fraction of sp³-hybridized carbons (Fsp3) is 0.800. The highest BCUT2D eigenvalue weighted by molar-refractivity contribution is 7.91. The van der Waals surface area contributed by atoms with Gasteiger partial charge in [0, 0.05) is 12.8 Å². The Kier molecular flexibility index (Phi) is 4.49. The molecule has 84 valence electrons. The van der Waals surface area contributed by atoms with Crippen LogP contribution >= 0.6 is 0 Å². The zero-order valence-electron chi connectivity index (χ0n) is 7.56. The summed E-state index contributed by atoms with van der Waals surface area (Å²) in [4.78, 5) is 10.8. The fourth-order valence-electron chi connectivity index (χ4n) is 0.622. The quantitative estimate of drug-likeness (QED) is 0.550. The second-order valence-electron chi connectivity index (χ2n) is 2.79. The Labute approximate surface area is 82.6 Å². The number of hydrogen-bond acceptors (Lipinski definition) is 5. The Bertz CT molecular complexity index is 396. The van der Waals surface area contributed by atoms with Gasteiger partial charge in [-0.2, -0.15) is 0 Å². The number of sulfonamides is 1. The molecular weight excluding hydrogens is 232 g/mol. The molecule has 0 bridgehead atoms. The van der Waals surface area contributed by atoms with E-state index in [1.807, 2.05) is 0 Å². The van der Waals surface area contributed by atoms with Crippen molar-refractivity contribution in [1.82, 2.24) is 5.32 Å². The molecule has 3 N–H and O–H groups in total. The molecule has 0 unspecified atom stereocenters. The van der Waals surface area contributed by atoms with Crippen LogP contribution in [-0.2, 0) is 24.7 Å². The molecule has 0 atom stereocenters. The summed E-state index contributed by atoms with van der Waals surface area (Å²) in [6.45, 7) is -0.187. The van der Waals surface area contributed by atoms with E-state index in [1.165, 1.54) is 0 Å². The van der Waals surface area contributed by atoms with Crippen LogP contribution < -0.4 is 10.5 Å². The maximum Gasteiger partial charge on any atom is 0.235 e. The maximum absolute atomic E-state index is 10.8. The van der Waals surface area contributed by atoms with E-state index in [0.717, 1.165) is 6.26 Å². The number of sulfone groups is 1. The lowest BCUT2D eigenvalue weighted by Gasteiger charge is -2.02. The van der Waals surface area contributed by atoms with Gasteiger partial charge in [0.1, 0.15) is 5.75 Å². The summed E-state index contributed by atoms with van der Waals surface area (Å²) in [6.07, 6.45) is 0.909. The van der Waals surface area contributed by atoms with Crippen molar-refractivity contribution in [3.8, 4) is 0 Å². The first-order valence-electron chi connectivity index (χ1n) is 3.55. The molecule has 0 saturated heterocycles. The molecule has 0 aliphatic rings. The third-order valence-electron chi connectivity index (χ3n) is 1.10. The van der Waals surface area contributed by atoms with Crippen molar-refractivity contribution in [3.63, 3.8) is 0 Å². The third kappa shape index (κ3) is 9.42. The zero-order chi connectivity index (χ0) is 11.4. The molecule has 0 saturated carbocycles. The smallest absolute Gasteiger partial charge is 0.235 e. The van der Waals surface area contributed by atoms with Gasteiger partial charge < -0.3 is 5.32 Å². The summed E-state index contributed by atoms with van der Waals surface area (Å²) < 4.78 is 42.0. The van der Waals surface area contributed by atoms with E-state index in [4.69, 9.17) is 0 Å². The summed E-state index contributed by atoms with van der Waals surface area (Å²) in [5.74, 6) is -1.81. The molecule has 9 heteroatoms. The molecule has 0 aliphatic heterocycles. The minimum absolute atomic E-state index is 0.187. The summed E-state index contributed by atoms with van der Waals surface area (Å²) >= 11 is 0. The predicted octanol–water partition coefficient (Wildman–Crippen LogP) is -2.56. The molecule has 0 radical (unpaired) electrons. The molecule has 0 rings (SSSR count). The maximum atomic E-state index is 10.8. The van der Waals surface area contributed by atoms with Crippen LogP contribution in [0.5, 0.6) is 0 Å². The molecule has 7 nitrogen and oxygen atoms in total. The van der Waals surface area contributed by atoms with Crippen molar-refractivity contribution in [2.45, 2.75) is 0 Å². The molecule has 0 aromatic carbocycles. The number of rotatable bonds is 5. The van der Waals surface area contributed by atoms with Crippen molar-refractivity contribution in [2.75, 3.05) is 24.3 Å². The lowest BCUT2D eigenvalue weighted by atomic mass is 10.6. The molecule has 0 aliphatic carbocycles. The molecule has 1 amide bonds.